The first-order chi connectivity index (χ1) is 6.31. The summed E-state index contributed by atoms with van der Waals surface area (Å²) in [6, 6.07) is 7.02. The summed E-state index contributed by atoms with van der Waals surface area (Å²) in [4.78, 5) is 14.8. The smallest absolute Gasteiger partial charge is 0.150 e. The number of fused-ring (bicyclic) bond motifs is 1. The Bertz CT molecular complexity index is 467. The van der Waals surface area contributed by atoms with Gasteiger partial charge in [0, 0.05) is 22.2 Å². The van der Waals surface area contributed by atoms with Crippen molar-refractivity contribution in [1.29, 1.82) is 0 Å². The molecule has 2 nitrogen and oxygen atoms in total. The Morgan fingerprint density at radius 1 is 1.38 bits per heavy atom. The highest BCUT2D eigenvalue weighted by Crippen LogP contribution is 2.20. The van der Waals surface area contributed by atoms with E-state index in [1.165, 1.54) is 0 Å². The van der Waals surface area contributed by atoms with Gasteiger partial charge in [-0.15, -0.1) is 0 Å². The summed E-state index contributed by atoms with van der Waals surface area (Å²) in [7, 11) is 0. The molecule has 0 N–H and O–H groups in total. The summed E-state index contributed by atoms with van der Waals surface area (Å²) in [6.07, 6.45) is 2.46. The van der Waals surface area contributed by atoms with E-state index >= 15 is 0 Å². The molecule has 2 aromatic rings. The van der Waals surface area contributed by atoms with Gasteiger partial charge in [-0.05, 0) is 18.2 Å². The SMILES string of the molecule is O=Cc1cc(Cl)cc2ncccc12. The Morgan fingerprint density at radius 3 is 3.00 bits per heavy atom. The maximum Gasteiger partial charge on any atom is 0.150 e. The highest BCUT2D eigenvalue weighted by atomic mass is 35.5. The molecule has 0 fully saturated rings. The molecule has 64 valence electrons. The van der Waals surface area contributed by atoms with Gasteiger partial charge in [0.25, 0.3) is 0 Å². The summed E-state index contributed by atoms with van der Waals surface area (Å²) in [5, 5.41) is 1.37. The fourth-order valence-electron chi connectivity index (χ4n) is 1.27. The molecule has 0 aliphatic carbocycles. The molecule has 0 atom stereocenters. The van der Waals surface area contributed by atoms with Crippen LogP contribution in [0.4, 0.5) is 0 Å². The number of halogens is 1. The van der Waals surface area contributed by atoms with E-state index in [9.17, 15) is 4.79 Å². The summed E-state index contributed by atoms with van der Waals surface area (Å²) in [6.45, 7) is 0. The van der Waals surface area contributed by atoms with Gasteiger partial charge in [0.1, 0.15) is 0 Å². The second-order valence-corrected chi connectivity index (χ2v) is 3.12. The molecule has 0 bridgehead atoms. The van der Waals surface area contributed by atoms with Gasteiger partial charge in [0.2, 0.25) is 0 Å². The van der Waals surface area contributed by atoms with Gasteiger partial charge in [-0.2, -0.15) is 0 Å². The number of pyridine rings is 1. The average Bonchev–Trinajstić information content (AvgIpc) is 2.16. The van der Waals surface area contributed by atoms with Crippen LogP contribution in [0.15, 0.2) is 30.5 Å². The first kappa shape index (κ1) is 8.20. The first-order valence-corrected chi connectivity index (χ1v) is 4.18. The van der Waals surface area contributed by atoms with Crippen LogP contribution in [0.1, 0.15) is 10.4 Å². The van der Waals surface area contributed by atoms with Crippen LogP contribution in [0.3, 0.4) is 0 Å². The number of benzene rings is 1. The second-order valence-electron chi connectivity index (χ2n) is 2.68. The van der Waals surface area contributed by atoms with Crippen molar-refractivity contribution in [1.82, 2.24) is 4.98 Å². The second kappa shape index (κ2) is 3.15. The van der Waals surface area contributed by atoms with E-state index in [0.29, 0.717) is 10.6 Å². The van der Waals surface area contributed by atoms with Crippen LogP contribution in [0.25, 0.3) is 10.9 Å². The zero-order valence-electron chi connectivity index (χ0n) is 6.70. The summed E-state index contributed by atoms with van der Waals surface area (Å²) in [5.74, 6) is 0. The molecule has 0 spiro atoms. The van der Waals surface area contributed by atoms with Crippen molar-refractivity contribution in [3.63, 3.8) is 0 Å². The van der Waals surface area contributed by atoms with Crippen LogP contribution < -0.4 is 0 Å². The Kier molecular flexibility index (Phi) is 1.99. The van der Waals surface area contributed by atoms with E-state index in [1.54, 1.807) is 24.4 Å². The molecular formula is C10H6ClNO. The van der Waals surface area contributed by atoms with E-state index in [1.807, 2.05) is 6.07 Å². The largest absolute Gasteiger partial charge is 0.298 e. The monoisotopic (exact) mass is 191 g/mol. The third-order valence-corrected chi connectivity index (χ3v) is 2.06. The summed E-state index contributed by atoms with van der Waals surface area (Å²) < 4.78 is 0. The molecule has 13 heavy (non-hydrogen) atoms. The van der Waals surface area contributed by atoms with Crippen molar-refractivity contribution in [3.05, 3.63) is 41.0 Å². The molecule has 0 amide bonds. The zero-order chi connectivity index (χ0) is 9.26. The van der Waals surface area contributed by atoms with Crippen LogP contribution in [-0.2, 0) is 0 Å². The number of aldehydes is 1. The number of aromatic nitrogens is 1. The van der Waals surface area contributed by atoms with Gasteiger partial charge in [0.05, 0.1) is 5.52 Å². The van der Waals surface area contributed by atoms with Gasteiger partial charge in [0.15, 0.2) is 6.29 Å². The maximum absolute atomic E-state index is 10.7. The molecule has 1 heterocycles. The third-order valence-electron chi connectivity index (χ3n) is 1.84. The van der Waals surface area contributed by atoms with Crippen molar-refractivity contribution in [2.24, 2.45) is 0 Å². The van der Waals surface area contributed by atoms with Gasteiger partial charge in [-0.3, -0.25) is 9.78 Å². The summed E-state index contributed by atoms with van der Waals surface area (Å²) in [5.41, 5.74) is 1.33. The van der Waals surface area contributed by atoms with Gasteiger partial charge >= 0.3 is 0 Å². The molecule has 0 unspecified atom stereocenters. The minimum Gasteiger partial charge on any atom is -0.298 e. The molecule has 0 radical (unpaired) electrons. The topological polar surface area (TPSA) is 30.0 Å². The molecule has 0 aliphatic rings. The van der Waals surface area contributed by atoms with Crippen molar-refractivity contribution in [2.45, 2.75) is 0 Å². The fraction of sp³-hybridized carbons (Fsp3) is 0. The van der Waals surface area contributed by atoms with Gasteiger partial charge in [-0.25, -0.2) is 0 Å². The van der Waals surface area contributed by atoms with E-state index in [-0.39, 0.29) is 0 Å². The molecule has 0 aliphatic heterocycles. The number of hydrogen-bond acceptors (Lipinski definition) is 2. The fourth-order valence-corrected chi connectivity index (χ4v) is 1.49. The number of hydrogen-bond donors (Lipinski definition) is 0. The lowest BCUT2D eigenvalue weighted by molar-refractivity contribution is 0.112. The lowest BCUT2D eigenvalue weighted by atomic mass is 10.1. The normalized spacial score (nSPS) is 10.2. The molecule has 1 aromatic heterocycles. The maximum atomic E-state index is 10.7. The lowest BCUT2D eigenvalue weighted by Crippen LogP contribution is -1.85. The zero-order valence-corrected chi connectivity index (χ0v) is 7.45. The molecule has 0 saturated carbocycles. The van der Waals surface area contributed by atoms with Crippen molar-refractivity contribution < 1.29 is 4.79 Å². The van der Waals surface area contributed by atoms with Crippen LogP contribution in [0.5, 0.6) is 0 Å². The molecule has 0 saturated heterocycles. The van der Waals surface area contributed by atoms with Gasteiger partial charge in [-0.1, -0.05) is 17.7 Å². The van der Waals surface area contributed by atoms with Crippen LogP contribution in [0.2, 0.25) is 5.02 Å². The number of carbonyl (C=O) groups excluding carboxylic acids is 1. The Balaban J connectivity index is 2.89. The number of rotatable bonds is 1. The predicted octanol–water partition coefficient (Wildman–Crippen LogP) is 2.70. The predicted molar refractivity (Wildman–Crippen MR) is 52.1 cm³/mol. The Hall–Kier alpha value is -1.41. The van der Waals surface area contributed by atoms with E-state index < -0.39 is 0 Å². The first-order valence-electron chi connectivity index (χ1n) is 3.81. The van der Waals surface area contributed by atoms with E-state index in [2.05, 4.69) is 4.98 Å². The highest BCUT2D eigenvalue weighted by molar-refractivity contribution is 6.31. The minimum atomic E-state index is 0.535. The van der Waals surface area contributed by atoms with E-state index in [0.717, 1.165) is 17.2 Å². The van der Waals surface area contributed by atoms with Crippen LogP contribution in [0, 0.1) is 0 Å². The summed E-state index contributed by atoms with van der Waals surface area (Å²) >= 11 is 5.80. The average molecular weight is 192 g/mol. The molecular weight excluding hydrogens is 186 g/mol. The van der Waals surface area contributed by atoms with Crippen molar-refractivity contribution >= 4 is 28.8 Å². The molecule has 1 aromatic carbocycles. The van der Waals surface area contributed by atoms with Crippen LogP contribution in [-0.4, -0.2) is 11.3 Å². The lowest BCUT2D eigenvalue weighted by Gasteiger charge is -1.99. The molecule has 2 rings (SSSR count). The Morgan fingerprint density at radius 2 is 2.23 bits per heavy atom. The third kappa shape index (κ3) is 1.40. The van der Waals surface area contributed by atoms with Crippen LogP contribution >= 0.6 is 11.6 Å². The van der Waals surface area contributed by atoms with Crippen molar-refractivity contribution in [3.8, 4) is 0 Å². The number of nitrogens with zero attached hydrogens (tertiary/aromatic N) is 1. The van der Waals surface area contributed by atoms with E-state index in [4.69, 9.17) is 11.6 Å². The van der Waals surface area contributed by atoms with Gasteiger partial charge < -0.3 is 0 Å². The minimum absolute atomic E-state index is 0.535. The highest BCUT2D eigenvalue weighted by Gasteiger charge is 2.01. The molecule has 3 heteroatoms. The number of carbonyl (C=O) groups is 1. The quantitative estimate of drug-likeness (QED) is 0.649. The Labute approximate surface area is 80.2 Å². The van der Waals surface area contributed by atoms with Crippen molar-refractivity contribution in [2.75, 3.05) is 0 Å². The standard InChI is InChI=1S/C10H6ClNO/c11-8-4-7(6-13)9-2-1-3-12-10(9)5-8/h1-6H.